The van der Waals surface area contributed by atoms with Crippen LogP contribution in [0.4, 0.5) is 0 Å². The lowest BCUT2D eigenvalue weighted by Gasteiger charge is -2.37. The number of amides is 1. The van der Waals surface area contributed by atoms with Crippen molar-refractivity contribution in [3.63, 3.8) is 0 Å². The van der Waals surface area contributed by atoms with Crippen molar-refractivity contribution in [1.29, 1.82) is 0 Å². The summed E-state index contributed by atoms with van der Waals surface area (Å²) >= 11 is 0. The molecular weight excluding hydrogens is 357 g/mol. The molecule has 2 atom stereocenters. The zero-order valence-electron chi connectivity index (χ0n) is 15.2. The topological polar surface area (TPSA) is 35.6 Å². The second kappa shape index (κ2) is 10.4. The van der Waals surface area contributed by atoms with Crippen LogP contribution < -0.4 is 5.32 Å². The van der Waals surface area contributed by atoms with E-state index < -0.39 is 0 Å². The molecule has 2 aliphatic heterocycles. The number of nitrogens with one attached hydrogen (secondary N) is 1. The first-order valence-corrected chi connectivity index (χ1v) is 9.02. The predicted molar refractivity (Wildman–Crippen MR) is 108 cm³/mol. The van der Waals surface area contributed by atoms with Gasteiger partial charge in [-0.15, -0.1) is 24.8 Å². The van der Waals surface area contributed by atoms with Crippen LogP contribution in [0.15, 0.2) is 24.3 Å². The summed E-state index contributed by atoms with van der Waals surface area (Å²) in [5.74, 6) is 0.305. The van der Waals surface area contributed by atoms with Gasteiger partial charge in [-0.2, -0.15) is 0 Å². The highest BCUT2D eigenvalue weighted by Crippen LogP contribution is 2.22. The average molecular weight is 388 g/mol. The van der Waals surface area contributed by atoms with Gasteiger partial charge in [-0.05, 0) is 43.9 Å². The molecule has 1 aromatic rings. The number of fused-ring (bicyclic) bond motifs is 1. The lowest BCUT2D eigenvalue weighted by Crippen LogP contribution is -2.52. The Morgan fingerprint density at radius 2 is 2.04 bits per heavy atom. The molecule has 2 heterocycles. The number of hydrogen-bond donors (Lipinski definition) is 1. The van der Waals surface area contributed by atoms with E-state index in [0.29, 0.717) is 11.9 Å². The molecule has 0 radical (unpaired) electrons. The fourth-order valence-corrected chi connectivity index (χ4v) is 3.86. The van der Waals surface area contributed by atoms with E-state index in [-0.39, 0.29) is 30.9 Å². The molecule has 25 heavy (non-hydrogen) atoms. The maximum atomic E-state index is 13.1. The number of benzene rings is 1. The lowest BCUT2D eigenvalue weighted by molar-refractivity contribution is -0.138. The first kappa shape index (κ1) is 22.2. The van der Waals surface area contributed by atoms with Crippen molar-refractivity contribution >= 4 is 30.7 Å². The number of carbonyl (C=O) groups excluding carboxylic acids is 1. The quantitative estimate of drug-likeness (QED) is 0.843. The molecule has 1 aromatic carbocycles. The molecule has 0 aliphatic carbocycles. The molecule has 4 nitrogen and oxygen atoms in total. The molecule has 0 saturated carbocycles. The minimum atomic E-state index is -0.0319. The van der Waals surface area contributed by atoms with Crippen LogP contribution in [0.25, 0.3) is 0 Å². The zero-order valence-corrected chi connectivity index (χ0v) is 16.9. The molecule has 142 valence electrons. The summed E-state index contributed by atoms with van der Waals surface area (Å²) in [7, 11) is 0. The van der Waals surface area contributed by atoms with Gasteiger partial charge in [-0.3, -0.25) is 9.69 Å². The first-order chi connectivity index (χ1) is 11.2. The van der Waals surface area contributed by atoms with Gasteiger partial charge in [0.25, 0.3) is 0 Å². The molecule has 0 spiro atoms. The van der Waals surface area contributed by atoms with E-state index in [1.807, 2.05) is 0 Å². The summed E-state index contributed by atoms with van der Waals surface area (Å²) in [5, 5.41) is 3.39. The lowest BCUT2D eigenvalue weighted by atomic mass is 9.98. The van der Waals surface area contributed by atoms with Crippen molar-refractivity contribution in [1.82, 2.24) is 15.1 Å². The maximum absolute atomic E-state index is 13.1. The third kappa shape index (κ3) is 5.10. The van der Waals surface area contributed by atoms with Crippen LogP contribution >= 0.6 is 24.8 Å². The number of halogens is 2. The Bertz CT molecular complexity index is 549. The standard InChI is InChI=1S/C19H29N3O.2ClH/c1-3-11-22(18-8-10-20-13-18)19(23)15(2)21-12-9-16-6-4-5-7-17(16)14-21;;/h4-7,15,18,20H,3,8-14H2,1-2H3;2*1H. The van der Waals surface area contributed by atoms with Gasteiger partial charge in [0.05, 0.1) is 6.04 Å². The predicted octanol–water partition coefficient (Wildman–Crippen LogP) is 2.88. The van der Waals surface area contributed by atoms with Gasteiger partial charge in [-0.1, -0.05) is 31.2 Å². The fourth-order valence-electron chi connectivity index (χ4n) is 3.86. The summed E-state index contributed by atoms with van der Waals surface area (Å²) in [4.78, 5) is 17.6. The molecule has 0 bridgehead atoms. The van der Waals surface area contributed by atoms with Crippen molar-refractivity contribution in [2.24, 2.45) is 0 Å². The Balaban J connectivity index is 0.00000156. The Labute approximate surface area is 164 Å². The highest BCUT2D eigenvalue weighted by atomic mass is 35.5. The second-order valence-electron chi connectivity index (χ2n) is 6.84. The molecule has 2 aliphatic rings. The molecule has 1 saturated heterocycles. The van der Waals surface area contributed by atoms with Crippen LogP contribution in [0, 0.1) is 0 Å². The Morgan fingerprint density at radius 1 is 1.32 bits per heavy atom. The van der Waals surface area contributed by atoms with E-state index in [9.17, 15) is 4.79 Å². The fraction of sp³-hybridized carbons (Fsp3) is 0.632. The minimum Gasteiger partial charge on any atom is -0.337 e. The van der Waals surface area contributed by atoms with E-state index in [2.05, 4.69) is 53.2 Å². The van der Waals surface area contributed by atoms with Crippen molar-refractivity contribution in [3.05, 3.63) is 35.4 Å². The summed E-state index contributed by atoms with van der Waals surface area (Å²) in [6, 6.07) is 8.97. The highest BCUT2D eigenvalue weighted by Gasteiger charge is 2.32. The molecule has 6 heteroatoms. The third-order valence-electron chi connectivity index (χ3n) is 5.29. The van der Waals surface area contributed by atoms with Crippen LogP contribution in [0.1, 0.15) is 37.8 Å². The van der Waals surface area contributed by atoms with E-state index in [1.54, 1.807) is 0 Å². The smallest absolute Gasteiger partial charge is 0.239 e. The Morgan fingerprint density at radius 3 is 2.68 bits per heavy atom. The molecule has 1 fully saturated rings. The Kier molecular flexibility index (Phi) is 9.22. The van der Waals surface area contributed by atoms with Crippen LogP contribution in [0.2, 0.25) is 0 Å². The number of rotatable bonds is 5. The summed E-state index contributed by atoms with van der Waals surface area (Å²) in [6.45, 7) is 8.97. The van der Waals surface area contributed by atoms with Crippen LogP contribution in [-0.4, -0.2) is 54.0 Å². The largest absolute Gasteiger partial charge is 0.337 e. The van der Waals surface area contributed by atoms with Crippen molar-refractivity contribution in [2.75, 3.05) is 26.2 Å². The number of nitrogens with zero attached hydrogens (tertiary/aromatic N) is 2. The van der Waals surface area contributed by atoms with Gasteiger partial charge < -0.3 is 10.2 Å². The van der Waals surface area contributed by atoms with Gasteiger partial charge in [0, 0.05) is 32.2 Å². The molecule has 1 N–H and O–H groups in total. The van der Waals surface area contributed by atoms with Gasteiger partial charge in [0.15, 0.2) is 0 Å². The molecule has 0 aromatic heterocycles. The van der Waals surface area contributed by atoms with Crippen molar-refractivity contribution in [3.8, 4) is 0 Å². The SMILES string of the molecule is CCCN(C(=O)C(C)N1CCc2ccccc2C1)C1CCNC1.Cl.Cl. The average Bonchev–Trinajstić information content (AvgIpc) is 3.12. The summed E-state index contributed by atoms with van der Waals surface area (Å²) < 4.78 is 0. The van der Waals surface area contributed by atoms with E-state index in [1.165, 1.54) is 11.1 Å². The van der Waals surface area contributed by atoms with Crippen molar-refractivity contribution < 1.29 is 4.79 Å². The van der Waals surface area contributed by atoms with Gasteiger partial charge in [-0.25, -0.2) is 0 Å². The van der Waals surface area contributed by atoms with Crippen LogP contribution in [0.5, 0.6) is 0 Å². The number of hydrogen-bond acceptors (Lipinski definition) is 3. The Hall–Kier alpha value is -0.810. The van der Waals surface area contributed by atoms with Crippen LogP contribution in [0.3, 0.4) is 0 Å². The second-order valence-corrected chi connectivity index (χ2v) is 6.84. The van der Waals surface area contributed by atoms with E-state index in [0.717, 1.165) is 52.0 Å². The monoisotopic (exact) mass is 387 g/mol. The number of carbonyl (C=O) groups is 1. The summed E-state index contributed by atoms with van der Waals surface area (Å²) in [6.07, 6.45) is 3.16. The zero-order chi connectivity index (χ0) is 16.2. The van der Waals surface area contributed by atoms with Crippen LogP contribution in [-0.2, 0) is 17.8 Å². The van der Waals surface area contributed by atoms with Crippen molar-refractivity contribution in [2.45, 2.75) is 51.7 Å². The molecular formula is C19H31Cl2N3O. The van der Waals surface area contributed by atoms with Gasteiger partial charge >= 0.3 is 0 Å². The minimum absolute atomic E-state index is 0. The third-order valence-corrected chi connectivity index (χ3v) is 5.29. The first-order valence-electron chi connectivity index (χ1n) is 9.02. The normalized spacial score (nSPS) is 20.8. The van der Waals surface area contributed by atoms with E-state index in [4.69, 9.17) is 0 Å². The molecule has 1 amide bonds. The summed E-state index contributed by atoms with van der Waals surface area (Å²) in [5.41, 5.74) is 2.82. The molecule has 3 rings (SSSR count). The molecule has 2 unspecified atom stereocenters. The highest BCUT2D eigenvalue weighted by molar-refractivity contribution is 5.85. The van der Waals surface area contributed by atoms with E-state index >= 15 is 0 Å². The maximum Gasteiger partial charge on any atom is 0.239 e. The van der Waals surface area contributed by atoms with Gasteiger partial charge in [0.2, 0.25) is 5.91 Å². The van der Waals surface area contributed by atoms with Gasteiger partial charge in [0.1, 0.15) is 0 Å².